The zero-order valence-electron chi connectivity index (χ0n) is 10.0. The number of aliphatic hydroxyl groups excluding tert-OH is 1. The number of hydrogen-bond acceptors (Lipinski definition) is 3. The number of rotatable bonds is 4. The largest absolute Gasteiger partial charge is 0.396 e. The fourth-order valence-electron chi connectivity index (χ4n) is 2.54. The molecule has 5 heteroatoms. The van der Waals surface area contributed by atoms with Gasteiger partial charge in [0, 0.05) is 11.1 Å². The fourth-order valence-corrected chi connectivity index (χ4v) is 4.91. The lowest BCUT2D eigenvalue weighted by Gasteiger charge is -2.20. The first kappa shape index (κ1) is 14.0. The molecule has 0 spiro atoms. The SMILES string of the molecule is O=S1(=O)CCC(C(CO)Cc2cccc(Br)c2)C1. The normalized spacial score (nSPS) is 24.0. The van der Waals surface area contributed by atoms with E-state index in [9.17, 15) is 13.5 Å². The summed E-state index contributed by atoms with van der Waals surface area (Å²) >= 11 is 3.42. The van der Waals surface area contributed by atoms with Gasteiger partial charge in [-0.25, -0.2) is 8.42 Å². The molecule has 1 N–H and O–H groups in total. The quantitative estimate of drug-likeness (QED) is 0.917. The highest BCUT2D eigenvalue weighted by atomic mass is 79.9. The Morgan fingerprint density at radius 1 is 1.44 bits per heavy atom. The van der Waals surface area contributed by atoms with E-state index in [1.165, 1.54) is 0 Å². The van der Waals surface area contributed by atoms with Gasteiger partial charge < -0.3 is 5.11 Å². The van der Waals surface area contributed by atoms with E-state index >= 15 is 0 Å². The van der Waals surface area contributed by atoms with Crippen molar-refractivity contribution in [2.75, 3.05) is 18.1 Å². The van der Waals surface area contributed by atoms with E-state index in [4.69, 9.17) is 0 Å². The molecule has 0 aromatic heterocycles. The third kappa shape index (κ3) is 3.56. The minimum atomic E-state index is -2.87. The van der Waals surface area contributed by atoms with Gasteiger partial charge in [0.05, 0.1) is 11.5 Å². The van der Waals surface area contributed by atoms with Gasteiger partial charge in [-0.2, -0.15) is 0 Å². The van der Waals surface area contributed by atoms with Gasteiger partial charge in [-0.05, 0) is 42.4 Å². The molecule has 1 saturated heterocycles. The second-order valence-electron chi connectivity index (χ2n) is 4.94. The Hall–Kier alpha value is -0.390. The van der Waals surface area contributed by atoms with Crippen LogP contribution in [0.4, 0.5) is 0 Å². The van der Waals surface area contributed by atoms with Crippen LogP contribution in [0.2, 0.25) is 0 Å². The molecule has 1 aliphatic heterocycles. The number of halogens is 1. The molecule has 18 heavy (non-hydrogen) atoms. The highest BCUT2D eigenvalue weighted by Gasteiger charge is 2.33. The van der Waals surface area contributed by atoms with Gasteiger partial charge >= 0.3 is 0 Å². The van der Waals surface area contributed by atoms with Gasteiger partial charge in [-0.3, -0.25) is 0 Å². The summed E-state index contributed by atoms with van der Waals surface area (Å²) in [7, 11) is -2.87. The summed E-state index contributed by atoms with van der Waals surface area (Å²) in [6.45, 7) is 0.0483. The average Bonchev–Trinajstić information content (AvgIpc) is 2.66. The number of aliphatic hydroxyl groups is 1. The second-order valence-corrected chi connectivity index (χ2v) is 8.08. The summed E-state index contributed by atoms with van der Waals surface area (Å²) in [5.41, 5.74) is 1.13. The topological polar surface area (TPSA) is 54.4 Å². The van der Waals surface area contributed by atoms with Gasteiger partial charge in [0.25, 0.3) is 0 Å². The van der Waals surface area contributed by atoms with E-state index in [1.54, 1.807) is 0 Å². The molecule has 1 aromatic rings. The molecule has 1 aromatic carbocycles. The Labute approximate surface area is 116 Å². The van der Waals surface area contributed by atoms with Crippen LogP contribution in [0.15, 0.2) is 28.7 Å². The van der Waals surface area contributed by atoms with E-state index in [0.717, 1.165) is 16.5 Å². The summed E-state index contributed by atoms with van der Waals surface area (Å²) in [6, 6.07) is 7.94. The standard InChI is InChI=1S/C13H17BrO3S/c14-13-3-1-2-10(7-13)6-12(8-15)11-4-5-18(16,17)9-11/h1-3,7,11-12,15H,4-6,8-9H2. The third-order valence-electron chi connectivity index (χ3n) is 3.56. The van der Waals surface area contributed by atoms with Crippen molar-refractivity contribution in [1.82, 2.24) is 0 Å². The highest BCUT2D eigenvalue weighted by Crippen LogP contribution is 2.28. The molecule has 0 saturated carbocycles. The van der Waals surface area contributed by atoms with Crippen LogP contribution in [-0.4, -0.2) is 31.6 Å². The minimum Gasteiger partial charge on any atom is -0.396 e. The van der Waals surface area contributed by atoms with Gasteiger partial charge in [0.15, 0.2) is 9.84 Å². The summed E-state index contributed by atoms with van der Waals surface area (Å²) in [5.74, 6) is 0.634. The lowest BCUT2D eigenvalue weighted by molar-refractivity contribution is 0.184. The van der Waals surface area contributed by atoms with Crippen molar-refractivity contribution in [2.45, 2.75) is 12.8 Å². The second kappa shape index (κ2) is 5.72. The Morgan fingerprint density at radius 2 is 2.22 bits per heavy atom. The van der Waals surface area contributed by atoms with Crippen molar-refractivity contribution in [3.63, 3.8) is 0 Å². The van der Waals surface area contributed by atoms with Crippen molar-refractivity contribution in [1.29, 1.82) is 0 Å². The molecule has 2 rings (SSSR count). The first-order valence-electron chi connectivity index (χ1n) is 6.06. The first-order valence-corrected chi connectivity index (χ1v) is 8.67. The van der Waals surface area contributed by atoms with E-state index in [0.29, 0.717) is 6.42 Å². The zero-order valence-corrected chi connectivity index (χ0v) is 12.5. The fraction of sp³-hybridized carbons (Fsp3) is 0.538. The van der Waals surface area contributed by atoms with Crippen LogP contribution in [0.25, 0.3) is 0 Å². The van der Waals surface area contributed by atoms with Crippen LogP contribution in [0.3, 0.4) is 0 Å². The predicted octanol–water partition coefficient (Wildman–Crippen LogP) is 2.03. The molecule has 100 valence electrons. The average molecular weight is 333 g/mol. The van der Waals surface area contributed by atoms with E-state index in [-0.39, 0.29) is 29.9 Å². The maximum Gasteiger partial charge on any atom is 0.150 e. The molecule has 1 heterocycles. The molecule has 2 atom stereocenters. The first-order chi connectivity index (χ1) is 8.50. The van der Waals surface area contributed by atoms with Crippen LogP contribution in [-0.2, 0) is 16.3 Å². The molecule has 2 unspecified atom stereocenters. The van der Waals surface area contributed by atoms with Crippen molar-refractivity contribution in [3.8, 4) is 0 Å². The van der Waals surface area contributed by atoms with Crippen molar-refractivity contribution < 1.29 is 13.5 Å². The number of hydrogen-bond donors (Lipinski definition) is 1. The summed E-state index contributed by atoms with van der Waals surface area (Å²) in [6.07, 6.45) is 1.41. The Balaban J connectivity index is 2.06. The molecule has 0 amide bonds. The maximum absolute atomic E-state index is 11.5. The van der Waals surface area contributed by atoms with Gasteiger partial charge in [0.2, 0.25) is 0 Å². The Bertz CT molecular complexity index is 513. The number of sulfone groups is 1. The van der Waals surface area contributed by atoms with Crippen molar-refractivity contribution >= 4 is 25.8 Å². The van der Waals surface area contributed by atoms with Crippen LogP contribution in [0.5, 0.6) is 0 Å². The molecule has 1 fully saturated rings. The lowest BCUT2D eigenvalue weighted by Crippen LogP contribution is -2.22. The Kier molecular flexibility index (Phi) is 4.45. The van der Waals surface area contributed by atoms with Crippen LogP contribution >= 0.6 is 15.9 Å². The van der Waals surface area contributed by atoms with Crippen molar-refractivity contribution in [2.24, 2.45) is 11.8 Å². The van der Waals surface area contributed by atoms with E-state index < -0.39 is 9.84 Å². The summed E-state index contributed by atoms with van der Waals surface area (Å²) in [4.78, 5) is 0. The van der Waals surface area contributed by atoms with Crippen LogP contribution < -0.4 is 0 Å². The molecule has 3 nitrogen and oxygen atoms in total. The molecule has 0 radical (unpaired) electrons. The van der Waals surface area contributed by atoms with Gasteiger partial charge in [-0.15, -0.1) is 0 Å². The van der Waals surface area contributed by atoms with E-state index in [1.807, 2.05) is 24.3 Å². The predicted molar refractivity (Wildman–Crippen MR) is 75.2 cm³/mol. The molecular weight excluding hydrogens is 316 g/mol. The summed E-state index contributed by atoms with van der Waals surface area (Å²) < 4.78 is 24.0. The number of benzene rings is 1. The summed E-state index contributed by atoms with van der Waals surface area (Å²) in [5, 5.41) is 9.48. The van der Waals surface area contributed by atoms with Gasteiger partial charge in [0.1, 0.15) is 0 Å². The monoisotopic (exact) mass is 332 g/mol. The minimum absolute atomic E-state index is 0.0385. The highest BCUT2D eigenvalue weighted by molar-refractivity contribution is 9.10. The lowest BCUT2D eigenvalue weighted by atomic mass is 9.87. The molecule has 0 bridgehead atoms. The Morgan fingerprint density at radius 3 is 2.78 bits per heavy atom. The molecular formula is C13H17BrO3S. The van der Waals surface area contributed by atoms with Crippen molar-refractivity contribution in [3.05, 3.63) is 34.3 Å². The zero-order chi connectivity index (χ0) is 13.2. The van der Waals surface area contributed by atoms with E-state index in [2.05, 4.69) is 15.9 Å². The molecule has 1 aliphatic rings. The smallest absolute Gasteiger partial charge is 0.150 e. The van der Waals surface area contributed by atoms with Crippen LogP contribution in [0.1, 0.15) is 12.0 Å². The third-order valence-corrected chi connectivity index (χ3v) is 5.84. The maximum atomic E-state index is 11.5. The van der Waals surface area contributed by atoms with Crippen LogP contribution in [0, 0.1) is 11.8 Å². The molecule has 0 aliphatic carbocycles. The van der Waals surface area contributed by atoms with Gasteiger partial charge in [-0.1, -0.05) is 28.1 Å².